The van der Waals surface area contributed by atoms with Crippen molar-refractivity contribution in [2.75, 3.05) is 5.73 Å². The van der Waals surface area contributed by atoms with Gasteiger partial charge in [0.1, 0.15) is 4.90 Å². The summed E-state index contributed by atoms with van der Waals surface area (Å²) in [5, 5.41) is 2.72. The van der Waals surface area contributed by atoms with Crippen LogP contribution in [0.1, 0.15) is 10.7 Å². The van der Waals surface area contributed by atoms with E-state index in [1.807, 2.05) is 12.3 Å². The van der Waals surface area contributed by atoms with Crippen LogP contribution < -0.4 is 10.5 Å². The van der Waals surface area contributed by atoms with Gasteiger partial charge >= 0.3 is 0 Å². The van der Waals surface area contributed by atoms with E-state index in [2.05, 4.69) is 25.6 Å². The van der Waals surface area contributed by atoms with Crippen LogP contribution in [-0.4, -0.2) is 13.4 Å². The first kappa shape index (κ1) is 14.4. The van der Waals surface area contributed by atoms with Gasteiger partial charge in [-0.25, -0.2) is 18.1 Å². The summed E-state index contributed by atoms with van der Waals surface area (Å²) in [4.78, 5) is 4.27. The van der Waals surface area contributed by atoms with Crippen molar-refractivity contribution in [2.24, 2.45) is 0 Å². The van der Waals surface area contributed by atoms with E-state index in [1.54, 1.807) is 12.1 Å². The van der Waals surface area contributed by atoms with E-state index in [4.69, 9.17) is 5.73 Å². The molecule has 8 heteroatoms. The van der Waals surface area contributed by atoms with E-state index in [0.717, 1.165) is 9.48 Å². The first-order valence-electron chi connectivity index (χ1n) is 5.34. The van der Waals surface area contributed by atoms with Crippen LogP contribution in [0.4, 0.5) is 5.69 Å². The number of benzene rings is 1. The Morgan fingerprint density at radius 2 is 2.21 bits per heavy atom. The van der Waals surface area contributed by atoms with Gasteiger partial charge in [-0.1, -0.05) is 15.9 Å². The zero-order chi connectivity index (χ0) is 14.0. The normalized spacial score (nSPS) is 11.7. The monoisotopic (exact) mass is 361 g/mol. The molecule has 1 heterocycles. The highest BCUT2D eigenvalue weighted by Gasteiger charge is 2.17. The number of hydrogen-bond donors (Lipinski definition) is 2. The quantitative estimate of drug-likeness (QED) is 0.818. The fourth-order valence-electron chi connectivity index (χ4n) is 1.50. The van der Waals surface area contributed by atoms with Gasteiger partial charge in [-0.3, -0.25) is 0 Å². The summed E-state index contributed by atoms with van der Waals surface area (Å²) in [6, 6.07) is 4.66. The van der Waals surface area contributed by atoms with Crippen LogP contribution in [0.25, 0.3) is 0 Å². The molecular weight excluding hydrogens is 350 g/mol. The minimum Gasteiger partial charge on any atom is -0.398 e. The number of nitrogens with two attached hydrogens (primary N) is 1. The predicted molar refractivity (Wildman–Crippen MR) is 79.4 cm³/mol. The van der Waals surface area contributed by atoms with Gasteiger partial charge in [0.15, 0.2) is 0 Å². The number of nitrogen functional groups attached to an aromatic ring is 1. The molecule has 0 radical (unpaired) electrons. The first-order chi connectivity index (χ1) is 8.88. The highest BCUT2D eigenvalue weighted by molar-refractivity contribution is 9.10. The van der Waals surface area contributed by atoms with E-state index in [0.29, 0.717) is 5.69 Å². The molecule has 3 N–H and O–H groups in total. The third-order valence-corrected chi connectivity index (χ3v) is 5.16. The molecular formula is C11H12BrN3O2S2. The van der Waals surface area contributed by atoms with E-state index >= 15 is 0 Å². The topological polar surface area (TPSA) is 85.1 Å². The van der Waals surface area contributed by atoms with Crippen LogP contribution in [0.3, 0.4) is 0 Å². The highest BCUT2D eigenvalue weighted by atomic mass is 79.9. The lowest BCUT2D eigenvalue weighted by Crippen LogP contribution is -2.24. The molecule has 1 aromatic carbocycles. The molecule has 0 unspecified atom stereocenters. The lowest BCUT2D eigenvalue weighted by molar-refractivity contribution is 0.581. The number of nitrogens with zero attached hydrogens (tertiary/aromatic N) is 1. The van der Waals surface area contributed by atoms with Crippen LogP contribution in [0.5, 0.6) is 0 Å². The van der Waals surface area contributed by atoms with Crippen molar-refractivity contribution in [3.05, 3.63) is 38.8 Å². The van der Waals surface area contributed by atoms with Gasteiger partial charge < -0.3 is 5.73 Å². The number of rotatable bonds is 4. The Labute approximate surface area is 124 Å². The zero-order valence-electron chi connectivity index (χ0n) is 10.1. The molecule has 2 rings (SSSR count). The Hall–Kier alpha value is -0.960. The largest absolute Gasteiger partial charge is 0.398 e. The zero-order valence-corrected chi connectivity index (χ0v) is 13.3. The second-order valence-electron chi connectivity index (χ2n) is 3.86. The summed E-state index contributed by atoms with van der Waals surface area (Å²) in [7, 11) is -3.63. The summed E-state index contributed by atoms with van der Waals surface area (Å²) in [5.41, 5.74) is 6.62. The molecule has 19 heavy (non-hydrogen) atoms. The SMILES string of the molecule is Cc1nc(CNS(=O)(=O)c2ccc(Br)cc2N)cs1. The lowest BCUT2D eigenvalue weighted by Gasteiger charge is -2.08. The maximum atomic E-state index is 12.1. The Kier molecular flexibility index (Phi) is 4.24. The summed E-state index contributed by atoms with van der Waals surface area (Å²) >= 11 is 4.72. The number of aromatic nitrogens is 1. The Bertz CT molecular complexity index is 698. The van der Waals surface area contributed by atoms with Crippen molar-refractivity contribution in [3.63, 3.8) is 0 Å². The van der Waals surface area contributed by atoms with Crippen molar-refractivity contribution < 1.29 is 8.42 Å². The van der Waals surface area contributed by atoms with Crippen LogP contribution in [0, 0.1) is 6.92 Å². The molecule has 5 nitrogen and oxygen atoms in total. The van der Waals surface area contributed by atoms with Gasteiger partial charge in [-0.2, -0.15) is 0 Å². The van der Waals surface area contributed by atoms with Gasteiger partial charge in [0.25, 0.3) is 0 Å². The fourth-order valence-corrected chi connectivity index (χ4v) is 3.60. The minimum atomic E-state index is -3.63. The lowest BCUT2D eigenvalue weighted by atomic mass is 10.3. The van der Waals surface area contributed by atoms with Gasteiger partial charge in [-0.15, -0.1) is 11.3 Å². The van der Waals surface area contributed by atoms with Crippen LogP contribution >= 0.6 is 27.3 Å². The van der Waals surface area contributed by atoms with Crippen molar-refractivity contribution in [2.45, 2.75) is 18.4 Å². The maximum Gasteiger partial charge on any atom is 0.242 e. The van der Waals surface area contributed by atoms with E-state index in [9.17, 15) is 8.42 Å². The molecule has 0 aliphatic rings. The minimum absolute atomic E-state index is 0.0719. The van der Waals surface area contributed by atoms with Gasteiger partial charge in [0, 0.05) is 9.85 Å². The molecule has 102 valence electrons. The Morgan fingerprint density at radius 3 is 2.79 bits per heavy atom. The smallest absolute Gasteiger partial charge is 0.242 e. The summed E-state index contributed by atoms with van der Waals surface area (Å²) in [6.45, 7) is 2.03. The average molecular weight is 362 g/mol. The number of thiazole rings is 1. The summed E-state index contributed by atoms with van der Waals surface area (Å²) in [5.74, 6) is 0. The van der Waals surface area contributed by atoms with E-state index in [-0.39, 0.29) is 17.1 Å². The standard InChI is InChI=1S/C11H12BrN3O2S2/c1-7-15-9(6-18-7)5-14-19(16,17)11-3-2-8(12)4-10(11)13/h2-4,6,14H,5,13H2,1H3. The molecule has 0 amide bonds. The highest BCUT2D eigenvalue weighted by Crippen LogP contribution is 2.22. The number of sulfonamides is 1. The molecule has 0 aliphatic carbocycles. The van der Waals surface area contributed by atoms with Gasteiger partial charge in [0.2, 0.25) is 10.0 Å². The van der Waals surface area contributed by atoms with Crippen LogP contribution in [0.15, 0.2) is 32.9 Å². The molecule has 0 bridgehead atoms. The molecule has 0 spiro atoms. The van der Waals surface area contributed by atoms with Crippen molar-refractivity contribution in [1.82, 2.24) is 9.71 Å². The maximum absolute atomic E-state index is 12.1. The number of nitrogens with one attached hydrogen (secondary N) is 1. The van der Waals surface area contributed by atoms with E-state index < -0.39 is 10.0 Å². The predicted octanol–water partition coefficient (Wildman–Crippen LogP) is 2.27. The third kappa shape index (κ3) is 3.53. The summed E-state index contributed by atoms with van der Waals surface area (Å²) in [6.07, 6.45) is 0. The van der Waals surface area contributed by atoms with Crippen molar-refractivity contribution in [1.29, 1.82) is 0 Å². The van der Waals surface area contributed by atoms with Gasteiger partial charge in [0.05, 0.1) is 22.9 Å². The molecule has 0 atom stereocenters. The second-order valence-corrected chi connectivity index (χ2v) is 7.58. The average Bonchev–Trinajstić information content (AvgIpc) is 2.72. The Balaban J connectivity index is 2.18. The summed E-state index contributed by atoms with van der Waals surface area (Å²) < 4.78 is 27.4. The molecule has 0 aliphatic heterocycles. The van der Waals surface area contributed by atoms with Crippen LogP contribution in [0.2, 0.25) is 0 Å². The number of halogens is 1. The van der Waals surface area contributed by atoms with E-state index in [1.165, 1.54) is 17.4 Å². The van der Waals surface area contributed by atoms with Crippen LogP contribution in [-0.2, 0) is 16.6 Å². The third-order valence-electron chi connectivity index (χ3n) is 2.37. The molecule has 0 saturated heterocycles. The molecule has 0 fully saturated rings. The number of hydrogen-bond acceptors (Lipinski definition) is 5. The Morgan fingerprint density at radius 1 is 1.47 bits per heavy atom. The molecule has 2 aromatic rings. The molecule has 1 aromatic heterocycles. The van der Waals surface area contributed by atoms with Crippen molar-refractivity contribution >= 4 is 43.0 Å². The number of aryl methyl sites for hydroxylation is 1. The fraction of sp³-hybridized carbons (Fsp3) is 0.182. The van der Waals surface area contributed by atoms with Gasteiger partial charge in [-0.05, 0) is 25.1 Å². The molecule has 0 saturated carbocycles. The van der Waals surface area contributed by atoms with Crippen molar-refractivity contribution in [3.8, 4) is 0 Å². The number of anilines is 1. The first-order valence-corrected chi connectivity index (χ1v) is 8.50. The second kappa shape index (κ2) is 5.58.